The first-order valence-electron chi connectivity index (χ1n) is 7.57. The number of anilines is 2. The van der Waals surface area contributed by atoms with Gasteiger partial charge in [0.25, 0.3) is 0 Å². The first-order valence-corrected chi connectivity index (χ1v) is 7.95. The minimum Gasteiger partial charge on any atom is -0.340 e. The lowest BCUT2D eigenvalue weighted by atomic mass is 10.2. The van der Waals surface area contributed by atoms with Gasteiger partial charge in [0.2, 0.25) is 0 Å². The number of nitrogens with one attached hydrogen (secondary N) is 1. The zero-order valence-corrected chi connectivity index (χ0v) is 13.6. The first kappa shape index (κ1) is 15.6. The van der Waals surface area contributed by atoms with E-state index >= 15 is 0 Å². The number of halogens is 3. The topological polar surface area (TPSA) is 29.9 Å². The molecule has 0 amide bonds. The van der Waals surface area contributed by atoms with E-state index in [-0.39, 0.29) is 11.6 Å². The minimum absolute atomic E-state index is 0.319. The number of fused-ring (bicyclic) bond motifs is 1. The van der Waals surface area contributed by atoms with Crippen LogP contribution in [0.4, 0.5) is 20.3 Å². The maximum atomic E-state index is 13.3. The van der Waals surface area contributed by atoms with E-state index in [2.05, 4.69) is 10.4 Å². The molecule has 0 fully saturated rings. The van der Waals surface area contributed by atoms with Gasteiger partial charge in [-0.2, -0.15) is 5.10 Å². The summed E-state index contributed by atoms with van der Waals surface area (Å²) < 4.78 is 28.1. The van der Waals surface area contributed by atoms with Crippen LogP contribution in [0.25, 0.3) is 16.6 Å². The van der Waals surface area contributed by atoms with E-state index in [0.29, 0.717) is 27.7 Å². The molecule has 0 bridgehead atoms. The average molecular weight is 356 g/mol. The van der Waals surface area contributed by atoms with Crippen molar-refractivity contribution in [2.75, 3.05) is 5.32 Å². The van der Waals surface area contributed by atoms with E-state index in [1.807, 2.05) is 12.1 Å². The van der Waals surface area contributed by atoms with Crippen LogP contribution in [0, 0.1) is 11.6 Å². The van der Waals surface area contributed by atoms with Crippen molar-refractivity contribution in [1.29, 1.82) is 0 Å². The van der Waals surface area contributed by atoms with Crippen LogP contribution < -0.4 is 5.32 Å². The Balaban J connectivity index is 1.91. The maximum Gasteiger partial charge on any atom is 0.143 e. The summed E-state index contributed by atoms with van der Waals surface area (Å²) in [5.41, 5.74) is 2.06. The lowest BCUT2D eigenvalue weighted by Crippen LogP contribution is -2.02. The summed E-state index contributed by atoms with van der Waals surface area (Å²) >= 11 is 6.37. The molecule has 124 valence electrons. The molecule has 3 nitrogen and oxygen atoms in total. The molecule has 0 atom stereocenters. The van der Waals surface area contributed by atoms with Gasteiger partial charge in [-0.3, -0.25) is 0 Å². The third-order valence-electron chi connectivity index (χ3n) is 3.83. The molecular weight excluding hydrogens is 344 g/mol. The molecule has 1 N–H and O–H groups in total. The highest BCUT2D eigenvalue weighted by molar-refractivity contribution is 6.36. The van der Waals surface area contributed by atoms with Gasteiger partial charge in [-0.25, -0.2) is 13.5 Å². The summed E-state index contributed by atoms with van der Waals surface area (Å²) in [5, 5.41) is 9.06. The largest absolute Gasteiger partial charge is 0.340 e. The van der Waals surface area contributed by atoms with Crippen LogP contribution in [0.5, 0.6) is 0 Å². The first-order chi connectivity index (χ1) is 12.1. The maximum absolute atomic E-state index is 13.3. The van der Waals surface area contributed by atoms with Gasteiger partial charge in [-0.1, -0.05) is 17.7 Å². The van der Waals surface area contributed by atoms with Gasteiger partial charge in [0.15, 0.2) is 0 Å². The molecule has 0 aliphatic carbocycles. The van der Waals surface area contributed by atoms with E-state index in [9.17, 15) is 8.78 Å². The number of benzene rings is 3. The Bertz CT molecular complexity index is 1040. The Morgan fingerprint density at radius 1 is 0.840 bits per heavy atom. The molecule has 25 heavy (non-hydrogen) atoms. The van der Waals surface area contributed by atoms with E-state index in [1.165, 1.54) is 24.3 Å². The fourth-order valence-corrected chi connectivity index (χ4v) is 2.91. The Kier molecular flexibility index (Phi) is 3.86. The van der Waals surface area contributed by atoms with E-state index in [1.54, 1.807) is 35.0 Å². The SMILES string of the molecule is Fc1ccc(Nc2c3c(Cl)cccc3nn2-c2ccc(F)cc2)cc1. The summed E-state index contributed by atoms with van der Waals surface area (Å²) in [7, 11) is 0. The number of aromatic nitrogens is 2. The lowest BCUT2D eigenvalue weighted by molar-refractivity contribution is 0.627. The molecule has 3 aromatic carbocycles. The van der Waals surface area contributed by atoms with Crippen molar-refractivity contribution in [3.05, 3.63) is 83.4 Å². The molecule has 1 heterocycles. The third kappa shape index (κ3) is 2.94. The van der Waals surface area contributed by atoms with Gasteiger partial charge >= 0.3 is 0 Å². The zero-order chi connectivity index (χ0) is 17.4. The van der Waals surface area contributed by atoms with Gasteiger partial charge in [0.05, 0.1) is 21.6 Å². The lowest BCUT2D eigenvalue weighted by Gasteiger charge is -2.11. The highest BCUT2D eigenvalue weighted by Crippen LogP contribution is 2.34. The standard InChI is InChI=1S/C19H12ClF2N3/c20-16-2-1-3-17-18(16)19(23-14-8-4-12(21)5-9-14)25(24-17)15-10-6-13(22)7-11-15/h1-11,23H. The Morgan fingerprint density at radius 3 is 2.16 bits per heavy atom. The molecular formula is C19H12ClF2N3. The normalized spacial score (nSPS) is 11.0. The van der Waals surface area contributed by atoms with E-state index in [0.717, 1.165) is 5.39 Å². The smallest absolute Gasteiger partial charge is 0.143 e. The van der Waals surface area contributed by atoms with Crippen LogP contribution in [-0.4, -0.2) is 9.78 Å². The highest BCUT2D eigenvalue weighted by atomic mass is 35.5. The average Bonchev–Trinajstić information content (AvgIpc) is 2.97. The molecule has 0 unspecified atom stereocenters. The minimum atomic E-state index is -0.327. The van der Waals surface area contributed by atoms with Crippen LogP contribution >= 0.6 is 11.6 Å². The fraction of sp³-hybridized carbons (Fsp3) is 0. The predicted octanol–water partition coefficient (Wildman–Crippen LogP) is 5.70. The second-order valence-electron chi connectivity index (χ2n) is 5.50. The van der Waals surface area contributed by atoms with Crippen LogP contribution in [-0.2, 0) is 0 Å². The van der Waals surface area contributed by atoms with Crippen molar-refractivity contribution in [2.24, 2.45) is 0 Å². The second kappa shape index (κ2) is 6.18. The fourth-order valence-electron chi connectivity index (χ4n) is 2.65. The Labute approximate surface area is 147 Å². The summed E-state index contributed by atoms with van der Waals surface area (Å²) in [6.45, 7) is 0. The van der Waals surface area contributed by atoms with Crippen LogP contribution in [0.15, 0.2) is 66.7 Å². The number of rotatable bonds is 3. The summed E-state index contributed by atoms with van der Waals surface area (Å²) in [4.78, 5) is 0. The molecule has 0 saturated carbocycles. The molecule has 0 aliphatic heterocycles. The van der Waals surface area contributed by atoms with E-state index in [4.69, 9.17) is 11.6 Å². The van der Waals surface area contributed by atoms with Crippen molar-refractivity contribution in [3.8, 4) is 5.69 Å². The van der Waals surface area contributed by atoms with Gasteiger partial charge < -0.3 is 5.32 Å². The van der Waals surface area contributed by atoms with E-state index < -0.39 is 0 Å². The molecule has 1 aromatic heterocycles. The molecule has 0 saturated heterocycles. The monoisotopic (exact) mass is 355 g/mol. The summed E-state index contributed by atoms with van der Waals surface area (Å²) in [6.07, 6.45) is 0. The van der Waals surface area contributed by atoms with Crippen LogP contribution in [0.2, 0.25) is 5.02 Å². The van der Waals surface area contributed by atoms with Crippen LogP contribution in [0.3, 0.4) is 0 Å². The van der Waals surface area contributed by atoms with Crippen LogP contribution in [0.1, 0.15) is 0 Å². The quantitative estimate of drug-likeness (QED) is 0.511. The number of nitrogens with zero attached hydrogens (tertiary/aromatic N) is 2. The van der Waals surface area contributed by atoms with Crippen molar-refractivity contribution in [2.45, 2.75) is 0 Å². The second-order valence-corrected chi connectivity index (χ2v) is 5.91. The third-order valence-corrected chi connectivity index (χ3v) is 4.14. The Hall–Kier alpha value is -2.92. The van der Waals surface area contributed by atoms with Gasteiger partial charge in [-0.15, -0.1) is 0 Å². The predicted molar refractivity (Wildman–Crippen MR) is 95.7 cm³/mol. The van der Waals surface area contributed by atoms with Gasteiger partial charge in [-0.05, 0) is 60.7 Å². The van der Waals surface area contributed by atoms with Crippen molar-refractivity contribution < 1.29 is 8.78 Å². The molecule has 6 heteroatoms. The molecule has 0 aliphatic rings. The molecule has 0 radical (unpaired) electrons. The summed E-state index contributed by atoms with van der Waals surface area (Å²) in [6, 6.07) is 17.4. The van der Waals surface area contributed by atoms with Crippen molar-refractivity contribution in [1.82, 2.24) is 9.78 Å². The van der Waals surface area contributed by atoms with Gasteiger partial charge in [0, 0.05) is 5.69 Å². The zero-order valence-electron chi connectivity index (χ0n) is 12.9. The van der Waals surface area contributed by atoms with Crippen molar-refractivity contribution >= 4 is 34.0 Å². The number of hydrogen-bond donors (Lipinski definition) is 1. The van der Waals surface area contributed by atoms with Gasteiger partial charge in [0.1, 0.15) is 17.5 Å². The number of hydrogen-bond acceptors (Lipinski definition) is 2. The molecule has 4 aromatic rings. The molecule has 0 spiro atoms. The highest BCUT2D eigenvalue weighted by Gasteiger charge is 2.16. The van der Waals surface area contributed by atoms with Crippen molar-refractivity contribution in [3.63, 3.8) is 0 Å². The summed E-state index contributed by atoms with van der Waals surface area (Å²) in [5.74, 6) is -0.0224. The Morgan fingerprint density at radius 2 is 1.48 bits per heavy atom. The molecule has 4 rings (SSSR count).